The lowest BCUT2D eigenvalue weighted by atomic mass is 10.2. The van der Waals surface area contributed by atoms with Crippen LogP contribution in [0, 0.1) is 0 Å². The normalized spacial score (nSPS) is 12.6. The largest absolute Gasteiger partial charge is 0.468 e. The van der Waals surface area contributed by atoms with Crippen LogP contribution in [0.1, 0.15) is 20.3 Å². The molecule has 0 aromatic rings. The van der Waals surface area contributed by atoms with E-state index in [2.05, 4.69) is 18.2 Å². The van der Waals surface area contributed by atoms with Crippen LogP contribution in [-0.2, 0) is 9.53 Å². The SMILES string of the molecule is C=CC(C)N(CCC)CC(=O)OC. The van der Waals surface area contributed by atoms with E-state index in [0.717, 1.165) is 13.0 Å². The molecule has 0 radical (unpaired) electrons. The van der Waals surface area contributed by atoms with Gasteiger partial charge in [0.15, 0.2) is 0 Å². The minimum atomic E-state index is -0.192. The zero-order valence-corrected chi connectivity index (χ0v) is 8.75. The fourth-order valence-corrected chi connectivity index (χ4v) is 1.09. The number of ether oxygens (including phenoxy) is 1. The van der Waals surface area contributed by atoms with Crippen LogP contribution in [0.25, 0.3) is 0 Å². The third-order valence-electron chi connectivity index (χ3n) is 1.99. The van der Waals surface area contributed by atoms with Gasteiger partial charge < -0.3 is 4.74 Å². The Morgan fingerprint density at radius 2 is 2.31 bits per heavy atom. The van der Waals surface area contributed by atoms with Gasteiger partial charge in [0.2, 0.25) is 0 Å². The smallest absolute Gasteiger partial charge is 0.319 e. The highest BCUT2D eigenvalue weighted by molar-refractivity contribution is 5.71. The van der Waals surface area contributed by atoms with Gasteiger partial charge >= 0.3 is 5.97 Å². The average molecular weight is 185 g/mol. The van der Waals surface area contributed by atoms with Crippen LogP contribution in [0.2, 0.25) is 0 Å². The Labute approximate surface area is 80.4 Å². The van der Waals surface area contributed by atoms with Crippen molar-refractivity contribution in [3.8, 4) is 0 Å². The average Bonchev–Trinajstić information content (AvgIpc) is 2.15. The summed E-state index contributed by atoms with van der Waals surface area (Å²) in [5.41, 5.74) is 0. The van der Waals surface area contributed by atoms with Crippen LogP contribution in [-0.4, -0.2) is 37.1 Å². The molecule has 0 aliphatic rings. The summed E-state index contributed by atoms with van der Waals surface area (Å²) >= 11 is 0. The van der Waals surface area contributed by atoms with Crippen LogP contribution in [0.5, 0.6) is 0 Å². The van der Waals surface area contributed by atoms with Crippen molar-refractivity contribution in [1.82, 2.24) is 4.90 Å². The van der Waals surface area contributed by atoms with E-state index >= 15 is 0 Å². The molecule has 13 heavy (non-hydrogen) atoms. The third kappa shape index (κ3) is 4.68. The quantitative estimate of drug-likeness (QED) is 0.463. The highest BCUT2D eigenvalue weighted by atomic mass is 16.5. The lowest BCUT2D eigenvalue weighted by Crippen LogP contribution is -2.37. The van der Waals surface area contributed by atoms with Gasteiger partial charge in [-0.25, -0.2) is 0 Å². The maximum Gasteiger partial charge on any atom is 0.319 e. The maximum atomic E-state index is 11.0. The van der Waals surface area contributed by atoms with E-state index in [1.807, 2.05) is 17.9 Å². The molecule has 0 rings (SSSR count). The molecular formula is C10H19NO2. The van der Waals surface area contributed by atoms with Gasteiger partial charge in [-0.1, -0.05) is 13.0 Å². The van der Waals surface area contributed by atoms with Crippen molar-refractivity contribution in [2.24, 2.45) is 0 Å². The van der Waals surface area contributed by atoms with Crippen LogP contribution in [0.4, 0.5) is 0 Å². The molecule has 0 aliphatic carbocycles. The Bertz CT molecular complexity index is 168. The topological polar surface area (TPSA) is 29.5 Å². The van der Waals surface area contributed by atoms with Crippen molar-refractivity contribution in [3.05, 3.63) is 12.7 Å². The number of hydrogen-bond acceptors (Lipinski definition) is 3. The first-order valence-electron chi connectivity index (χ1n) is 4.59. The number of hydrogen-bond donors (Lipinski definition) is 0. The predicted octanol–water partition coefficient (Wildman–Crippen LogP) is 1.45. The zero-order valence-electron chi connectivity index (χ0n) is 8.75. The minimum absolute atomic E-state index is 0.192. The predicted molar refractivity (Wildman–Crippen MR) is 53.5 cm³/mol. The summed E-state index contributed by atoms with van der Waals surface area (Å²) in [7, 11) is 1.41. The van der Waals surface area contributed by atoms with E-state index in [-0.39, 0.29) is 12.0 Å². The van der Waals surface area contributed by atoms with Crippen LogP contribution < -0.4 is 0 Å². The van der Waals surface area contributed by atoms with Gasteiger partial charge in [-0.2, -0.15) is 0 Å². The minimum Gasteiger partial charge on any atom is -0.468 e. The monoisotopic (exact) mass is 185 g/mol. The molecule has 3 nitrogen and oxygen atoms in total. The molecular weight excluding hydrogens is 166 g/mol. The highest BCUT2D eigenvalue weighted by Crippen LogP contribution is 2.01. The Morgan fingerprint density at radius 3 is 2.69 bits per heavy atom. The van der Waals surface area contributed by atoms with E-state index in [1.165, 1.54) is 7.11 Å². The summed E-state index contributed by atoms with van der Waals surface area (Å²) in [6.45, 7) is 9.04. The van der Waals surface area contributed by atoms with Gasteiger partial charge in [-0.15, -0.1) is 6.58 Å². The van der Waals surface area contributed by atoms with Crippen molar-refractivity contribution in [1.29, 1.82) is 0 Å². The molecule has 0 saturated carbocycles. The summed E-state index contributed by atoms with van der Waals surface area (Å²) in [5, 5.41) is 0. The number of carbonyl (C=O) groups is 1. The molecule has 1 unspecified atom stereocenters. The fraction of sp³-hybridized carbons (Fsp3) is 0.700. The van der Waals surface area contributed by atoms with E-state index < -0.39 is 0 Å². The van der Waals surface area contributed by atoms with Crippen molar-refractivity contribution in [2.75, 3.05) is 20.2 Å². The Morgan fingerprint density at radius 1 is 1.69 bits per heavy atom. The summed E-state index contributed by atoms with van der Waals surface area (Å²) in [5.74, 6) is -0.192. The highest BCUT2D eigenvalue weighted by Gasteiger charge is 2.13. The molecule has 0 spiro atoms. The molecule has 3 heteroatoms. The Balaban J connectivity index is 4.07. The van der Waals surface area contributed by atoms with Crippen LogP contribution in [0.3, 0.4) is 0 Å². The van der Waals surface area contributed by atoms with Gasteiger partial charge in [0.1, 0.15) is 0 Å². The second-order valence-electron chi connectivity index (χ2n) is 3.02. The number of methoxy groups -OCH3 is 1. The first-order chi connectivity index (χ1) is 6.15. The number of nitrogens with zero attached hydrogens (tertiary/aromatic N) is 1. The molecule has 76 valence electrons. The van der Waals surface area contributed by atoms with E-state index in [0.29, 0.717) is 6.54 Å². The van der Waals surface area contributed by atoms with Crippen molar-refractivity contribution >= 4 is 5.97 Å². The lowest BCUT2D eigenvalue weighted by molar-refractivity contribution is -0.142. The molecule has 0 bridgehead atoms. The zero-order chi connectivity index (χ0) is 10.3. The maximum absolute atomic E-state index is 11.0. The standard InChI is InChI=1S/C10H19NO2/c1-5-7-11(9(3)6-2)8-10(12)13-4/h6,9H,2,5,7-8H2,1,3-4H3. The van der Waals surface area contributed by atoms with Gasteiger partial charge in [0, 0.05) is 6.04 Å². The summed E-state index contributed by atoms with van der Waals surface area (Å²) in [6.07, 6.45) is 2.85. The summed E-state index contributed by atoms with van der Waals surface area (Å²) in [4.78, 5) is 13.1. The fourth-order valence-electron chi connectivity index (χ4n) is 1.09. The van der Waals surface area contributed by atoms with Crippen molar-refractivity contribution in [2.45, 2.75) is 26.3 Å². The molecule has 0 aromatic heterocycles. The van der Waals surface area contributed by atoms with E-state index in [9.17, 15) is 4.79 Å². The number of esters is 1. The molecule has 0 aromatic carbocycles. The van der Waals surface area contributed by atoms with Gasteiger partial charge in [0.05, 0.1) is 13.7 Å². The summed E-state index contributed by atoms with van der Waals surface area (Å²) in [6, 6.07) is 0.221. The van der Waals surface area contributed by atoms with Crippen molar-refractivity contribution in [3.63, 3.8) is 0 Å². The molecule has 0 heterocycles. The van der Waals surface area contributed by atoms with E-state index in [4.69, 9.17) is 0 Å². The molecule has 0 amide bonds. The molecule has 1 atom stereocenters. The second kappa shape index (κ2) is 6.66. The molecule has 0 fully saturated rings. The van der Waals surface area contributed by atoms with Gasteiger partial charge in [0.25, 0.3) is 0 Å². The molecule has 0 aliphatic heterocycles. The number of carbonyl (C=O) groups excluding carboxylic acids is 1. The lowest BCUT2D eigenvalue weighted by Gasteiger charge is -2.24. The Hall–Kier alpha value is -0.830. The molecule has 0 N–H and O–H groups in total. The van der Waals surface area contributed by atoms with Crippen molar-refractivity contribution < 1.29 is 9.53 Å². The molecule has 0 saturated heterocycles. The van der Waals surface area contributed by atoms with Gasteiger partial charge in [-0.3, -0.25) is 9.69 Å². The van der Waals surface area contributed by atoms with E-state index in [1.54, 1.807) is 0 Å². The third-order valence-corrected chi connectivity index (χ3v) is 1.99. The first-order valence-corrected chi connectivity index (χ1v) is 4.59. The van der Waals surface area contributed by atoms with Gasteiger partial charge in [-0.05, 0) is 19.9 Å². The van der Waals surface area contributed by atoms with Crippen LogP contribution in [0.15, 0.2) is 12.7 Å². The first kappa shape index (κ1) is 12.2. The number of rotatable bonds is 6. The second-order valence-corrected chi connectivity index (χ2v) is 3.02. The van der Waals surface area contributed by atoms with Crippen LogP contribution >= 0.6 is 0 Å². The summed E-state index contributed by atoms with van der Waals surface area (Å²) < 4.78 is 4.61. The Kier molecular flexibility index (Phi) is 6.24.